The van der Waals surface area contributed by atoms with Crippen molar-refractivity contribution < 1.29 is 4.79 Å². The molecule has 102 valence electrons. The van der Waals surface area contributed by atoms with Crippen molar-refractivity contribution in [2.75, 3.05) is 36.4 Å². The predicted octanol–water partition coefficient (Wildman–Crippen LogP) is 0.114. The van der Waals surface area contributed by atoms with E-state index in [4.69, 9.17) is 0 Å². The van der Waals surface area contributed by atoms with Gasteiger partial charge in [-0.3, -0.25) is 4.79 Å². The first-order chi connectivity index (χ1) is 9.22. The van der Waals surface area contributed by atoms with Crippen LogP contribution in [-0.4, -0.2) is 58.2 Å². The van der Waals surface area contributed by atoms with E-state index in [1.807, 2.05) is 4.90 Å². The second-order valence-electron chi connectivity index (χ2n) is 5.05. The maximum Gasteiger partial charge on any atom is 0.244 e. The number of hydrogen-bond donors (Lipinski definition) is 1. The average Bonchev–Trinajstić information content (AvgIpc) is 3.23. The maximum atomic E-state index is 11.3. The zero-order valence-corrected chi connectivity index (χ0v) is 11.0. The van der Waals surface area contributed by atoms with E-state index in [1.54, 1.807) is 13.1 Å². The van der Waals surface area contributed by atoms with Crippen LogP contribution in [-0.2, 0) is 4.79 Å². The molecular weight excluding hydrogens is 244 g/mol. The molecule has 19 heavy (non-hydrogen) atoms. The maximum absolute atomic E-state index is 11.3. The monoisotopic (exact) mass is 262 g/mol. The Labute approximate surface area is 112 Å². The summed E-state index contributed by atoms with van der Waals surface area (Å²) in [5.74, 6) is 1.58. The third-order valence-corrected chi connectivity index (χ3v) is 3.51. The van der Waals surface area contributed by atoms with Gasteiger partial charge in [-0.05, 0) is 12.8 Å². The number of carbonyl (C=O) groups excluding carboxylic acids is 1. The largest absolute Gasteiger partial charge is 0.352 e. The molecule has 1 aliphatic heterocycles. The van der Waals surface area contributed by atoms with Crippen molar-refractivity contribution in [2.24, 2.45) is 0 Å². The van der Waals surface area contributed by atoms with Gasteiger partial charge in [0.05, 0.1) is 6.20 Å². The summed E-state index contributed by atoms with van der Waals surface area (Å²) in [7, 11) is 0. The van der Waals surface area contributed by atoms with Crippen LogP contribution in [0.1, 0.15) is 19.8 Å². The molecule has 0 unspecified atom stereocenters. The quantitative estimate of drug-likeness (QED) is 0.833. The van der Waals surface area contributed by atoms with E-state index in [1.165, 1.54) is 12.8 Å². The lowest BCUT2D eigenvalue weighted by Gasteiger charge is -2.34. The van der Waals surface area contributed by atoms with Gasteiger partial charge in [-0.2, -0.15) is 10.1 Å². The second-order valence-corrected chi connectivity index (χ2v) is 5.05. The normalized spacial score (nSPS) is 19.4. The van der Waals surface area contributed by atoms with Crippen molar-refractivity contribution in [3.8, 4) is 0 Å². The lowest BCUT2D eigenvalue weighted by molar-refractivity contribution is -0.129. The second kappa shape index (κ2) is 4.99. The first-order valence-electron chi connectivity index (χ1n) is 6.69. The topological polar surface area (TPSA) is 74.2 Å². The van der Waals surface area contributed by atoms with Crippen LogP contribution in [0.25, 0.3) is 0 Å². The van der Waals surface area contributed by atoms with Gasteiger partial charge < -0.3 is 15.1 Å². The first-order valence-corrected chi connectivity index (χ1v) is 6.69. The Bertz CT molecular complexity index is 467. The third-order valence-electron chi connectivity index (χ3n) is 3.51. The highest BCUT2D eigenvalue weighted by Gasteiger charge is 2.23. The summed E-state index contributed by atoms with van der Waals surface area (Å²) in [6.45, 7) is 4.68. The number of aromatic nitrogens is 3. The molecule has 0 radical (unpaired) electrons. The molecule has 2 heterocycles. The fraction of sp³-hybridized carbons (Fsp3) is 0.667. The van der Waals surface area contributed by atoms with Gasteiger partial charge in [0.2, 0.25) is 11.9 Å². The van der Waals surface area contributed by atoms with Crippen LogP contribution in [0.5, 0.6) is 0 Å². The Hall–Kier alpha value is -1.92. The fourth-order valence-corrected chi connectivity index (χ4v) is 2.17. The van der Waals surface area contributed by atoms with E-state index in [2.05, 4.69) is 25.4 Å². The van der Waals surface area contributed by atoms with E-state index >= 15 is 0 Å². The van der Waals surface area contributed by atoms with E-state index in [0.29, 0.717) is 12.0 Å². The molecule has 2 fully saturated rings. The summed E-state index contributed by atoms with van der Waals surface area (Å²) in [5.41, 5.74) is 0. The average molecular weight is 262 g/mol. The number of hydrogen-bond acceptors (Lipinski definition) is 6. The Morgan fingerprint density at radius 1 is 1.32 bits per heavy atom. The molecule has 1 amide bonds. The molecule has 7 nitrogen and oxygen atoms in total. The lowest BCUT2D eigenvalue weighted by atomic mass is 10.3. The lowest BCUT2D eigenvalue weighted by Crippen LogP contribution is -2.48. The van der Waals surface area contributed by atoms with Gasteiger partial charge in [0, 0.05) is 39.1 Å². The minimum Gasteiger partial charge on any atom is -0.352 e. The Balaban J connectivity index is 1.64. The number of anilines is 2. The smallest absolute Gasteiger partial charge is 0.244 e. The van der Waals surface area contributed by atoms with E-state index in [9.17, 15) is 4.79 Å². The number of amides is 1. The third kappa shape index (κ3) is 2.91. The summed E-state index contributed by atoms with van der Waals surface area (Å²) >= 11 is 0. The summed E-state index contributed by atoms with van der Waals surface area (Å²) in [6.07, 6.45) is 4.05. The van der Waals surface area contributed by atoms with Crippen LogP contribution in [0, 0.1) is 0 Å². The number of nitrogens with one attached hydrogen (secondary N) is 1. The highest BCUT2D eigenvalue weighted by Crippen LogP contribution is 2.23. The van der Waals surface area contributed by atoms with Gasteiger partial charge in [-0.1, -0.05) is 0 Å². The highest BCUT2D eigenvalue weighted by atomic mass is 16.2. The Kier molecular flexibility index (Phi) is 3.18. The number of rotatable bonds is 3. The molecule has 1 aromatic rings. The van der Waals surface area contributed by atoms with Gasteiger partial charge in [0.1, 0.15) is 0 Å². The molecule has 1 aliphatic carbocycles. The molecule has 1 aromatic heterocycles. The van der Waals surface area contributed by atoms with Crippen molar-refractivity contribution in [3.05, 3.63) is 6.20 Å². The van der Waals surface area contributed by atoms with Crippen LogP contribution in [0.2, 0.25) is 0 Å². The van der Waals surface area contributed by atoms with E-state index < -0.39 is 0 Å². The first kappa shape index (κ1) is 12.1. The van der Waals surface area contributed by atoms with Crippen molar-refractivity contribution in [1.29, 1.82) is 0 Å². The van der Waals surface area contributed by atoms with Gasteiger partial charge in [-0.25, -0.2) is 0 Å². The number of piperazine rings is 1. The number of nitrogens with zero attached hydrogens (tertiary/aromatic N) is 5. The molecule has 1 saturated heterocycles. The molecule has 0 aromatic carbocycles. The highest BCUT2D eigenvalue weighted by molar-refractivity contribution is 5.73. The van der Waals surface area contributed by atoms with Crippen molar-refractivity contribution >= 4 is 17.7 Å². The molecule has 0 bridgehead atoms. The summed E-state index contributed by atoms with van der Waals surface area (Å²) in [6, 6.07) is 0.520. The fourth-order valence-electron chi connectivity index (χ4n) is 2.17. The Morgan fingerprint density at radius 3 is 2.68 bits per heavy atom. The van der Waals surface area contributed by atoms with Crippen molar-refractivity contribution in [1.82, 2.24) is 20.1 Å². The van der Waals surface area contributed by atoms with Crippen molar-refractivity contribution in [2.45, 2.75) is 25.8 Å². The molecule has 7 heteroatoms. The molecule has 0 atom stereocenters. The predicted molar refractivity (Wildman–Crippen MR) is 70.9 cm³/mol. The van der Waals surface area contributed by atoms with Gasteiger partial charge in [-0.15, -0.1) is 5.10 Å². The Morgan fingerprint density at radius 2 is 2.05 bits per heavy atom. The van der Waals surface area contributed by atoms with Gasteiger partial charge >= 0.3 is 0 Å². The van der Waals surface area contributed by atoms with Gasteiger partial charge in [0.25, 0.3) is 0 Å². The summed E-state index contributed by atoms with van der Waals surface area (Å²) in [4.78, 5) is 19.8. The minimum atomic E-state index is 0.136. The number of carbonyl (C=O) groups is 1. The van der Waals surface area contributed by atoms with Crippen LogP contribution in [0.3, 0.4) is 0 Å². The zero-order chi connectivity index (χ0) is 13.2. The molecular formula is C12H18N6O. The zero-order valence-electron chi connectivity index (χ0n) is 11.0. The summed E-state index contributed by atoms with van der Waals surface area (Å²) < 4.78 is 0. The van der Waals surface area contributed by atoms with E-state index in [0.717, 1.165) is 32.0 Å². The molecule has 2 aliphatic rings. The van der Waals surface area contributed by atoms with Crippen LogP contribution >= 0.6 is 0 Å². The standard InChI is InChI=1S/C12H18N6O/c1-9(19)17-4-6-18(7-5-17)11-8-13-16-12(15-11)14-10-2-3-10/h8,10H,2-7H2,1H3,(H,14,15,16). The van der Waals surface area contributed by atoms with Gasteiger partial charge in [0.15, 0.2) is 5.82 Å². The summed E-state index contributed by atoms with van der Waals surface area (Å²) in [5, 5.41) is 11.2. The molecule has 0 spiro atoms. The van der Waals surface area contributed by atoms with Crippen LogP contribution in [0.4, 0.5) is 11.8 Å². The van der Waals surface area contributed by atoms with Crippen LogP contribution < -0.4 is 10.2 Å². The SMILES string of the molecule is CC(=O)N1CCN(c2cnnc(NC3CC3)n2)CC1. The molecule has 3 rings (SSSR count). The molecule has 1 N–H and O–H groups in total. The van der Waals surface area contributed by atoms with Crippen LogP contribution in [0.15, 0.2) is 6.20 Å². The minimum absolute atomic E-state index is 0.136. The molecule has 1 saturated carbocycles. The van der Waals surface area contributed by atoms with Crippen molar-refractivity contribution in [3.63, 3.8) is 0 Å². The van der Waals surface area contributed by atoms with E-state index in [-0.39, 0.29) is 5.91 Å².